The molecule has 0 spiro atoms. The van der Waals surface area contributed by atoms with Crippen molar-refractivity contribution in [2.75, 3.05) is 6.61 Å². The maximum absolute atomic E-state index is 11.3. The molecule has 5 heteroatoms. The smallest absolute Gasteiger partial charge is 0.312 e. The van der Waals surface area contributed by atoms with E-state index in [0.717, 1.165) is 16.3 Å². The summed E-state index contributed by atoms with van der Waals surface area (Å²) in [6, 6.07) is 2.02. The fourth-order valence-corrected chi connectivity index (χ4v) is 2.71. The van der Waals surface area contributed by atoms with Gasteiger partial charge >= 0.3 is 5.97 Å². The van der Waals surface area contributed by atoms with Gasteiger partial charge in [0.15, 0.2) is 0 Å². The van der Waals surface area contributed by atoms with E-state index in [0.29, 0.717) is 6.61 Å². The number of ether oxygens (including phenoxy) is 1. The van der Waals surface area contributed by atoms with E-state index in [1.165, 1.54) is 11.3 Å². The van der Waals surface area contributed by atoms with Crippen molar-refractivity contribution < 1.29 is 9.53 Å². The first-order chi connectivity index (χ1) is 7.79. The van der Waals surface area contributed by atoms with Crippen LogP contribution in [-0.2, 0) is 16.0 Å². The maximum Gasteiger partial charge on any atom is 0.312 e. The predicted octanol–water partition coefficient (Wildman–Crippen LogP) is 2.98. The van der Waals surface area contributed by atoms with E-state index in [1.54, 1.807) is 18.3 Å². The number of carbonyl (C=O) groups is 1. The predicted molar refractivity (Wildman–Crippen MR) is 65.8 cm³/mol. The Hall–Kier alpha value is -1.20. The SMILES string of the molecule is CCOC(=O)Cc1nc(-c2ccsc2)cs1. The van der Waals surface area contributed by atoms with E-state index in [9.17, 15) is 4.79 Å². The number of thiophene rings is 1. The second-order valence-corrected chi connectivity index (χ2v) is 4.84. The number of hydrogen-bond donors (Lipinski definition) is 0. The lowest BCUT2D eigenvalue weighted by Crippen LogP contribution is -2.07. The van der Waals surface area contributed by atoms with E-state index in [-0.39, 0.29) is 12.4 Å². The number of nitrogens with zero attached hydrogens (tertiary/aromatic N) is 1. The molecule has 2 rings (SSSR count). The van der Waals surface area contributed by atoms with Crippen LogP contribution in [0, 0.1) is 0 Å². The first kappa shape index (κ1) is 11.3. The summed E-state index contributed by atoms with van der Waals surface area (Å²) >= 11 is 3.13. The lowest BCUT2D eigenvalue weighted by Gasteiger charge is -1.97. The highest BCUT2D eigenvalue weighted by atomic mass is 32.1. The second kappa shape index (κ2) is 5.23. The van der Waals surface area contributed by atoms with Gasteiger partial charge in [0, 0.05) is 16.3 Å². The molecule has 0 fully saturated rings. The van der Waals surface area contributed by atoms with Crippen LogP contribution in [0.4, 0.5) is 0 Å². The van der Waals surface area contributed by atoms with Gasteiger partial charge in [-0.3, -0.25) is 4.79 Å². The normalized spacial score (nSPS) is 10.3. The number of thiazole rings is 1. The zero-order valence-corrected chi connectivity index (χ0v) is 10.4. The third-order valence-corrected chi connectivity index (χ3v) is 3.50. The van der Waals surface area contributed by atoms with Gasteiger partial charge in [-0.05, 0) is 18.4 Å². The molecule has 0 amide bonds. The molecule has 0 atom stereocenters. The van der Waals surface area contributed by atoms with Gasteiger partial charge in [0.05, 0.1) is 18.7 Å². The van der Waals surface area contributed by atoms with E-state index in [1.807, 2.05) is 22.2 Å². The Morgan fingerprint density at radius 2 is 2.38 bits per heavy atom. The van der Waals surface area contributed by atoms with Crippen molar-refractivity contribution in [1.82, 2.24) is 4.98 Å². The van der Waals surface area contributed by atoms with Gasteiger partial charge in [0.1, 0.15) is 5.01 Å². The van der Waals surface area contributed by atoms with Crippen molar-refractivity contribution in [2.24, 2.45) is 0 Å². The highest BCUT2D eigenvalue weighted by Crippen LogP contribution is 2.24. The monoisotopic (exact) mass is 253 g/mol. The molecule has 3 nitrogen and oxygen atoms in total. The number of esters is 1. The standard InChI is InChI=1S/C11H11NO2S2/c1-2-14-11(13)5-10-12-9(7-16-10)8-3-4-15-6-8/h3-4,6-7H,2,5H2,1H3. The topological polar surface area (TPSA) is 39.2 Å². The van der Waals surface area contributed by atoms with Gasteiger partial charge < -0.3 is 4.74 Å². The molecule has 0 saturated carbocycles. The van der Waals surface area contributed by atoms with Crippen LogP contribution in [0.1, 0.15) is 11.9 Å². The Bertz CT molecular complexity index is 462. The van der Waals surface area contributed by atoms with E-state index in [4.69, 9.17) is 4.74 Å². The van der Waals surface area contributed by atoms with Crippen molar-refractivity contribution in [1.29, 1.82) is 0 Å². The Balaban J connectivity index is 2.06. The van der Waals surface area contributed by atoms with Crippen LogP contribution in [0.25, 0.3) is 11.3 Å². The quantitative estimate of drug-likeness (QED) is 0.786. The Morgan fingerprint density at radius 3 is 3.06 bits per heavy atom. The van der Waals surface area contributed by atoms with Crippen molar-refractivity contribution in [3.8, 4) is 11.3 Å². The maximum atomic E-state index is 11.3. The van der Waals surface area contributed by atoms with E-state index in [2.05, 4.69) is 4.98 Å². The molecule has 2 heterocycles. The molecule has 0 saturated heterocycles. The van der Waals surface area contributed by atoms with Crippen LogP contribution in [0.15, 0.2) is 22.2 Å². The van der Waals surface area contributed by atoms with Crippen LogP contribution >= 0.6 is 22.7 Å². The van der Waals surface area contributed by atoms with Gasteiger partial charge in [-0.2, -0.15) is 11.3 Å². The summed E-state index contributed by atoms with van der Waals surface area (Å²) in [7, 11) is 0. The highest BCUT2D eigenvalue weighted by Gasteiger charge is 2.09. The summed E-state index contributed by atoms with van der Waals surface area (Å²) in [5.74, 6) is -0.214. The average Bonchev–Trinajstić information content (AvgIpc) is 2.86. The molecule has 84 valence electrons. The minimum atomic E-state index is -0.214. The van der Waals surface area contributed by atoms with Crippen LogP contribution < -0.4 is 0 Å². The molecular weight excluding hydrogens is 242 g/mol. The van der Waals surface area contributed by atoms with Crippen LogP contribution in [-0.4, -0.2) is 17.6 Å². The first-order valence-electron chi connectivity index (χ1n) is 4.92. The third-order valence-electron chi connectivity index (χ3n) is 1.97. The zero-order chi connectivity index (χ0) is 11.4. The zero-order valence-electron chi connectivity index (χ0n) is 8.80. The Labute approximate surface area is 102 Å². The molecule has 0 aliphatic carbocycles. The summed E-state index contributed by atoms with van der Waals surface area (Å²) in [5, 5.41) is 6.83. The lowest BCUT2D eigenvalue weighted by molar-refractivity contribution is -0.142. The van der Waals surface area contributed by atoms with Crippen LogP contribution in [0.3, 0.4) is 0 Å². The van der Waals surface area contributed by atoms with E-state index >= 15 is 0 Å². The minimum absolute atomic E-state index is 0.214. The van der Waals surface area contributed by atoms with Crippen molar-refractivity contribution in [3.63, 3.8) is 0 Å². The van der Waals surface area contributed by atoms with Crippen LogP contribution in [0.2, 0.25) is 0 Å². The third kappa shape index (κ3) is 2.68. The molecule has 2 aromatic rings. The molecule has 2 aromatic heterocycles. The van der Waals surface area contributed by atoms with Crippen LogP contribution in [0.5, 0.6) is 0 Å². The highest BCUT2D eigenvalue weighted by molar-refractivity contribution is 7.10. The van der Waals surface area contributed by atoms with Gasteiger partial charge in [-0.25, -0.2) is 4.98 Å². The number of carbonyl (C=O) groups excluding carboxylic acids is 1. The minimum Gasteiger partial charge on any atom is -0.466 e. The average molecular weight is 253 g/mol. The van der Waals surface area contributed by atoms with Crippen molar-refractivity contribution in [3.05, 3.63) is 27.2 Å². The van der Waals surface area contributed by atoms with Gasteiger partial charge in [0.25, 0.3) is 0 Å². The Morgan fingerprint density at radius 1 is 1.50 bits per heavy atom. The fraction of sp³-hybridized carbons (Fsp3) is 0.273. The number of aromatic nitrogens is 1. The molecule has 0 N–H and O–H groups in total. The molecule has 0 radical (unpaired) electrons. The molecule has 0 aliphatic heterocycles. The fourth-order valence-electron chi connectivity index (χ4n) is 1.27. The molecular formula is C11H11NO2S2. The first-order valence-corrected chi connectivity index (χ1v) is 6.74. The summed E-state index contributed by atoms with van der Waals surface area (Å²) < 4.78 is 4.88. The largest absolute Gasteiger partial charge is 0.466 e. The van der Waals surface area contributed by atoms with E-state index < -0.39 is 0 Å². The number of hydrogen-bond acceptors (Lipinski definition) is 5. The van der Waals surface area contributed by atoms with Crippen molar-refractivity contribution >= 4 is 28.6 Å². The molecule has 0 aromatic carbocycles. The summed E-state index contributed by atoms with van der Waals surface area (Å²) in [4.78, 5) is 15.7. The second-order valence-electron chi connectivity index (χ2n) is 3.12. The molecule has 16 heavy (non-hydrogen) atoms. The summed E-state index contributed by atoms with van der Waals surface area (Å²) in [6.07, 6.45) is 0.267. The lowest BCUT2D eigenvalue weighted by atomic mass is 10.3. The molecule has 0 bridgehead atoms. The summed E-state index contributed by atoms with van der Waals surface area (Å²) in [6.45, 7) is 2.22. The Kier molecular flexibility index (Phi) is 3.69. The van der Waals surface area contributed by atoms with Gasteiger partial charge in [-0.1, -0.05) is 0 Å². The number of rotatable bonds is 4. The molecule has 0 aliphatic rings. The molecule has 0 unspecified atom stereocenters. The van der Waals surface area contributed by atoms with Crippen molar-refractivity contribution in [2.45, 2.75) is 13.3 Å². The summed E-state index contributed by atoms with van der Waals surface area (Å²) in [5.41, 5.74) is 2.04. The van der Waals surface area contributed by atoms with Gasteiger partial charge in [-0.15, -0.1) is 11.3 Å². The van der Waals surface area contributed by atoms with Gasteiger partial charge in [0.2, 0.25) is 0 Å².